The van der Waals surface area contributed by atoms with Crippen molar-refractivity contribution in [1.82, 2.24) is 25.3 Å². The molecular formula is C20H24Cl2N6O2. The van der Waals surface area contributed by atoms with E-state index in [-0.39, 0.29) is 30.7 Å². The summed E-state index contributed by atoms with van der Waals surface area (Å²) in [4.78, 5) is 16.6. The molecule has 4 rings (SSSR count). The zero-order valence-corrected chi connectivity index (χ0v) is 17.9. The second-order valence-corrected chi connectivity index (χ2v) is 6.70. The molecule has 1 amide bonds. The van der Waals surface area contributed by atoms with Gasteiger partial charge < -0.3 is 15.4 Å². The molecule has 0 radical (unpaired) electrons. The minimum Gasteiger partial charge on any atom is -0.489 e. The van der Waals surface area contributed by atoms with Gasteiger partial charge in [0, 0.05) is 29.7 Å². The predicted octanol–water partition coefficient (Wildman–Crippen LogP) is 3.27. The van der Waals surface area contributed by atoms with Gasteiger partial charge in [-0.15, -0.1) is 29.9 Å². The number of hydrogen-bond donors (Lipinski definition) is 2. The van der Waals surface area contributed by atoms with E-state index < -0.39 is 0 Å². The number of aromatic nitrogens is 4. The molecule has 10 heteroatoms. The van der Waals surface area contributed by atoms with Crippen molar-refractivity contribution < 1.29 is 9.53 Å². The van der Waals surface area contributed by atoms with Crippen molar-refractivity contribution in [2.24, 2.45) is 0 Å². The summed E-state index contributed by atoms with van der Waals surface area (Å²) in [7, 11) is 0. The molecule has 1 fully saturated rings. The summed E-state index contributed by atoms with van der Waals surface area (Å²) < 4.78 is 7.57. The van der Waals surface area contributed by atoms with E-state index in [9.17, 15) is 4.79 Å². The minimum atomic E-state index is -0.287. The van der Waals surface area contributed by atoms with Crippen LogP contribution in [0.3, 0.4) is 0 Å². The Labute approximate surface area is 187 Å². The van der Waals surface area contributed by atoms with Crippen molar-refractivity contribution in [3.63, 3.8) is 0 Å². The maximum absolute atomic E-state index is 12.5. The molecule has 2 aromatic heterocycles. The molecule has 0 saturated carbocycles. The molecule has 1 aromatic carbocycles. The first-order chi connectivity index (χ1) is 13.8. The molecule has 0 bridgehead atoms. The van der Waals surface area contributed by atoms with Crippen LogP contribution >= 0.6 is 24.8 Å². The zero-order valence-electron chi connectivity index (χ0n) is 16.2. The van der Waals surface area contributed by atoms with Gasteiger partial charge in [0.2, 0.25) is 0 Å². The standard InChI is InChI=1S/C20H22N6O2.2ClH/c27-20(19-13-26(25-24-19)17-6-9-21-10-7-17)23-16-4-1-5-18(11-16)28-14-15-3-2-8-22-12-15;;/h1-5,8,11-13,17,21H,6-7,9-10,14H2,(H,23,27);2*1H. The highest BCUT2D eigenvalue weighted by molar-refractivity contribution is 6.02. The molecule has 160 valence electrons. The molecule has 1 saturated heterocycles. The molecule has 0 aliphatic carbocycles. The van der Waals surface area contributed by atoms with Crippen LogP contribution in [0.2, 0.25) is 0 Å². The van der Waals surface area contributed by atoms with Crippen molar-refractivity contribution in [2.45, 2.75) is 25.5 Å². The number of benzene rings is 1. The monoisotopic (exact) mass is 450 g/mol. The first kappa shape index (κ1) is 23.6. The number of ether oxygens (including phenoxy) is 1. The average Bonchev–Trinajstić information content (AvgIpc) is 3.25. The molecule has 1 aliphatic heterocycles. The number of carbonyl (C=O) groups is 1. The van der Waals surface area contributed by atoms with Gasteiger partial charge in [0.25, 0.3) is 5.91 Å². The van der Waals surface area contributed by atoms with Crippen LogP contribution in [0.1, 0.15) is 34.9 Å². The van der Waals surface area contributed by atoms with Crippen LogP contribution in [-0.4, -0.2) is 39.0 Å². The van der Waals surface area contributed by atoms with Crippen LogP contribution in [0.4, 0.5) is 5.69 Å². The summed E-state index contributed by atoms with van der Waals surface area (Å²) in [6.45, 7) is 2.32. The van der Waals surface area contributed by atoms with E-state index >= 15 is 0 Å². The Morgan fingerprint density at radius 1 is 1.20 bits per heavy atom. The van der Waals surface area contributed by atoms with E-state index in [4.69, 9.17) is 4.74 Å². The molecule has 0 unspecified atom stereocenters. The van der Waals surface area contributed by atoms with Gasteiger partial charge in [-0.1, -0.05) is 17.3 Å². The Kier molecular flexibility index (Phi) is 9.04. The van der Waals surface area contributed by atoms with Crippen LogP contribution < -0.4 is 15.4 Å². The molecule has 3 heterocycles. The quantitative estimate of drug-likeness (QED) is 0.598. The lowest BCUT2D eigenvalue weighted by atomic mass is 10.1. The molecular weight excluding hydrogens is 427 g/mol. The molecule has 0 atom stereocenters. The van der Waals surface area contributed by atoms with E-state index in [1.54, 1.807) is 29.3 Å². The highest BCUT2D eigenvalue weighted by Crippen LogP contribution is 2.20. The number of anilines is 1. The first-order valence-corrected chi connectivity index (χ1v) is 9.33. The van der Waals surface area contributed by atoms with Crippen LogP contribution in [0, 0.1) is 0 Å². The van der Waals surface area contributed by atoms with E-state index in [0.717, 1.165) is 31.5 Å². The summed E-state index contributed by atoms with van der Waals surface area (Å²) in [6.07, 6.45) is 7.17. The summed E-state index contributed by atoms with van der Waals surface area (Å²) >= 11 is 0. The highest BCUT2D eigenvalue weighted by atomic mass is 35.5. The second-order valence-electron chi connectivity index (χ2n) is 6.70. The number of piperidine rings is 1. The topological polar surface area (TPSA) is 94.0 Å². The largest absolute Gasteiger partial charge is 0.489 e. The number of pyridine rings is 1. The van der Waals surface area contributed by atoms with Crippen LogP contribution in [0.5, 0.6) is 5.75 Å². The number of nitrogens with one attached hydrogen (secondary N) is 2. The van der Waals surface area contributed by atoms with Crippen LogP contribution in [-0.2, 0) is 6.61 Å². The fourth-order valence-electron chi connectivity index (χ4n) is 3.14. The predicted molar refractivity (Wildman–Crippen MR) is 119 cm³/mol. The van der Waals surface area contributed by atoms with Gasteiger partial charge >= 0.3 is 0 Å². The third-order valence-electron chi connectivity index (χ3n) is 4.65. The second kappa shape index (κ2) is 11.5. The van der Waals surface area contributed by atoms with Gasteiger partial charge in [0.05, 0.1) is 12.2 Å². The Bertz CT molecular complexity index is 932. The van der Waals surface area contributed by atoms with Gasteiger partial charge in [0.1, 0.15) is 12.4 Å². The number of nitrogens with zero attached hydrogens (tertiary/aromatic N) is 4. The average molecular weight is 451 g/mol. The molecule has 8 nitrogen and oxygen atoms in total. The van der Waals surface area contributed by atoms with E-state index in [0.29, 0.717) is 29.8 Å². The molecule has 0 spiro atoms. The number of amides is 1. The van der Waals surface area contributed by atoms with Crippen molar-refractivity contribution in [3.05, 3.63) is 66.2 Å². The molecule has 2 N–H and O–H groups in total. The normalized spacial score (nSPS) is 13.6. The van der Waals surface area contributed by atoms with Crippen molar-refractivity contribution >= 4 is 36.4 Å². The van der Waals surface area contributed by atoms with Gasteiger partial charge in [-0.2, -0.15) is 0 Å². The molecule has 1 aliphatic rings. The van der Waals surface area contributed by atoms with Crippen LogP contribution in [0.15, 0.2) is 55.0 Å². The third kappa shape index (κ3) is 6.16. The smallest absolute Gasteiger partial charge is 0.277 e. The minimum absolute atomic E-state index is 0. The number of carbonyl (C=O) groups excluding carboxylic acids is 1. The van der Waals surface area contributed by atoms with Gasteiger partial charge in [-0.25, -0.2) is 4.68 Å². The number of rotatable bonds is 6. The third-order valence-corrected chi connectivity index (χ3v) is 4.65. The Morgan fingerprint density at radius 2 is 2.03 bits per heavy atom. The van der Waals surface area contributed by atoms with E-state index in [1.807, 2.05) is 30.3 Å². The fourth-order valence-corrected chi connectivity index (χ4v) is 3.14. The molecule has 3 aromatic rings. The van der Waals surface area contributed by atoms with Gasteiger partial charge in [0.15, 0.2) is 5.69 Å². The van der Waals surface area contributed by atoms with E-state index in [2.05, 4.69) is 25.9 Å². The lowest BCUT2D eigenvalue weighted by molar-refractivity contribution is 0.102. The van der Waals surface area contributed by atoms with Crippen molar-refractivity contribution in [2.75, 3.05) is 18.4 Å². The maximum atomic E-state index is 12.5. The summed E-state index contributed by atoms with van der Waals surface area (Å²) in [5.41, 5.74) is 1.93. The Balaban J connectivity index is 0.00000160. The number of halogens is 2. The Hall–Kier alpha value is -2.68. The molecule has 30 heavy (non-hydrogen) atoms. The fraction of sp³-hybridized carbons (Fsp3) is 0.300. The summed E-state index contributed by atoms with van der Waals surface area (Å²) in [5, 5.41) is 14.3. The first-order valence-electron chi connectivity index (χ1n) is 9.33. The zero-order chi connectivity index (χ0) is 19.2. The van der Waals surface area contributed by atoms with Gasteiger partial charge in [-0.3, -0.25) is 9.78 Å². The maximum Gasteiger partial charge on any atom is 0.277 e. The SMILES string of the molecule is Cl.Cl.O=C(Nc1cccc(OCc2cccnc2)c1)c1cn(C2CCNCC2)nn1. The lowest BCUT2D eigenvalue weighted by Crippen LogP contribution is -2.29. The van der Waals surface area contributed by atoms with Crippen molar-refractivity contribution in [1.29, 1.82) is 0 Å². The summed E-state index contributed by atoms with van der Waals surface area (Å²) in [6, 6.07) is 11.4. The van der Waals surface area contributed by atoms with Crippen LogP contribution in [0.25, 0.3) is 0 Å². The van der Waals surface area contributed by atoms with Crippen molar-refractivity contribution in [3.8, 4) is 5.75 Å². The summed E-state index contributed by atoms with van der Waals surface area (Å²) in [5.74, 6) is 0.379. The Morgan fingerprint density at radius 3 is 2.80 bits per heavy atom. The van der Waals surface area contributed by atoms with Gasteiger partial charge in [-0.05, 0) is 44.1 Å². The number of hydrogen-bond acceptors (Lipinski definition) is 6. The highest BCUT2D eigenvalue weighted by Gasteiger charge is 2.18. The van der Waals surface area contributed by atoms with E-state index in [1.165, 1.54) is 0 Å². The lowest BCUT2D eigenvalue weighted by Gasteiger charge is -2.22.